The number of thiocarbonyl (C=S) groups is 2. The minimum atomic E-state index is -0.439. The zero-order chi connectivity index (χ0) is 34.8. The molecule has 0 radical (unpaired) electrons. The van der Waals surface area contributed by atoms with E-state index in [2.05, 4.69) is 32.8 Å². The average Bonchev–Trinajstić information content (AvgIpc) is 3.05. The van der Waals surface area contributed by atoms with E-state index in [1.54, 1.807) is 56.8 Å². The van der Waals surface area contributed by atoms with Gasteiger partial charge in [0.1, 0.15) is 11.5 Å². The fraction of sp³-hybridized carbons (Fsp3) is 0.345. The first kappa shape index (κ1) is 40.3. The molecule has 0 saturated heterocycles. The van der Waals surface area contributed by atoms with Gasteiger partial charge >= 0.3 is 12.1 Å². The largest absolute Gasteiger partial charge is 0.493 e. The third kappa shape index (κ3) is 12.9. The third-order valence-corrected chi connectivity index (χ3v) is 7.22. The van der Waals surface area contributed by atoms with Crippen molar-refractivity contribution in [2.45, 2.75) is 0 Å². The molecule has 3 rings (SSSR count). The van der Waals surface area contributed by atoms with Gasteiger partial charge in [0.05, 0.1) is 29.9 Å². The number of carbonyl (C=O) groups is 2. The van der Waals surface area contributed by atoms with Crippen LogP contribution in [0.3, 0.4) is 0 Å². The molecule has 47 heavy (non-hydrogen) atoms. The quantitative estimate of drug-likeness (QED) is 0.102. The number of anilines is 1. The molecule has 0 aliphatic heterocycles. The Bertz CT molecular complexity index is 1560. The molecule has 1 heterocycles. The highest BCUT2D eigenvalue weighted by Gasteiger charge is 2.16. The Morgan fingerprint density at radius 1 is 0.872 bits per heavy atom. The third-order valence-electron chi connectivity index (χ3n) is 5.95. The van der Waals surface area contributed by atoms with Crippen molar-refractivity contribution in [1.29, 1.82) is 0 Å². The maximum Gasteiger partial charge on any atom is 0.352 e. The number of urea groups is 2. The summed E-state index contributed by atoms with van der Waals surface area (Å²) >= 11 is 38.4. The number of rotatable bonds is 13. The summed E-state index contributed by atoms with van der Waals surface area (Å²) in [5.74, 6) is 3.36. The smallest absolute Gasteiger partial charge is 0.352 e. The number of hydrogen-bond donors (Lipinski definition) is 2. The number of hydrogen-bond acceptors (Lipinski definition) is 8. The Morgan fingerprint density at radius 2 is 1.47 bits per heavy atom. The zero-order valence-corrected chi connectivity index (χ0v) is 30.6. The monoisotopic (exact) mass is 782 g/mol. The van der Waals surface area contributed by atoms with Crippen molar-refractivity contribution in [2.24, 2.45) is 4.99 Å². The number of nitrogens with zero attached hydrogens (tertiary/aromatic N) is 4. The highest BCUT2D eigenvalue weighted by molar-refractivity contribution is 7.80. The lowest BCUT2D eigenvalue weighted by Crippen LogP contribution is -2.45. The lowest BCUT2D eigenvalue weighted by Gasteiger charge is -2.21. The summed E-state index contributed by atoms with van der Waals surface area (Å²) in [4.78, 5) is 33.9. The van der Waals surface area contributed by atoms with E-state index < -0.39 is 12.1 Å². The van der Waals surface area contributed by atoms with Crippen molar-refractivity contribution < 1.29 is 23.8 Å². The summed E-state index contributed by atoms with van der Waals surface area (Å²) < 4.78 is 16.8. The zero-order valence-electron chi connectivity index (χ0n) is 25.2. The van der Waals surface area contributed by atoms with E-state index in [-0.39, 0.29) is 16.9 Å². The number of carbonyl (C=O) groups excluding carboxylic acids is 2. The van der Waals surface area contributed by atoms with Crippen molar-refractivity contribution in [3.05, 3.63) is 47.6 Å². The molecule has 0 atom stereocenters. The Hall–Kier alpha value is -2.87. The van der Waals surface area contributed by atoms with E-state index in [1.807, 2.05) is 5.16 Å². The molecule has 0 saturated carbocycles. The predicted octanol–water partition coefficient (Wildman–Crippen LogP) is 7.87. The lowest BCUT2D eigenvalue weighted by atomic mass is 10.2. The summed E-state index contributed by atoms with van der Waals surface area (Å²) in [5, 5.41) is 8.69. The molecule has 2 N–H and O–H groups in total. The number of pyridine rings is 1. The van der Waals surface area contributed by atoms with E-state index in [0.717, 1.165) is 5.39 Å². The van der Waals surface area contributed by atoms with Gasteiger partial charge < -0.3 is 29.3 Å². The summed E-state index contributed by atoms with van der Waals surface area (Å²) in [7, 11) is 3.12. The first-order valence-corrected chi connectivity index (χ1v) is 16.9. The lowest BCUT2D eigenvalue weighted by molar-refractivity contribution is 0.209. The normalized spacial score (nSPS) is 10.1. The second-order valence-electron chi connectivity index (χ2n) is 8.88. The van der Waals surface area contributed by atoms with Gasteiger partial charge in [0.2, 0.25) is 0 Å². The number of methoxy groups -OCH3 is 2. The molecule has 0 aliphatic carbocycles. The molecular formula is C29H31Cl5N6O5S2. The van der Waals surface area contributed by atoms with Gasteiger partial charge in [-0.25, -0.2) is 9.59 Å². The van der Waals surface area contributed by atoms with Crippen molar-refractivity contribution in [1.82, 2.24) is 20.1 Å². The molecule has 3 aromatic rings. The molecule has 1 aromatic heterocycles. The number of halogens is 5. The molecule has 0 bridgehead atoms. The van der Waals surface area contributed by atoms with Gasteiger partial charge in [0, 0.05) is 73.0 Å². The van der Waals surface area contributed by atoms with E-state index in [0.29, 0.717) is 77.2 Å². The number of amides is 4. The maximum atomic E-state index is 12.3. The minimum Gasteiger partial charge on any atom is -0.493 e. The van der Waals surface area contributed by atoms with E-state index in [1.165, 1.54) is 9.80 Å². The van der Waals surface area contributed by atoms with Crippen LogP contribution >= 0.6 is 82.4 Å². The fourth-order valence-corrected chi connectivity index (χ4v) is 5.11. The SMILES string of the molecule is COc1cc2nccc(Oc3ccc(NC(=S)NC(=O)N(CCCl)CCCl)cc3Cl)c2cc1OC.O=C(N=C=S)N(CCCl)CCCl. The van der Waals surface area contributed by atoms with Crippen LogP contribution in [-0.2, 0) is 0 Å². The molecule has 254 valence electrons. The number of fused-ring (bicyclic) bond motifs is 1. The molecule has 0 fully saturated rings. The van der Waals surface area contributed by atoms with E-state index in [9.17, 15) is 9.59 Å². The average molecular weight is 785 g/mol. The van der Waals surface area contributed by atoms with Crippen LogP contribution in [0.25, 0.3) is 10.9 Å². The van der Waals surface area contributed by atoms with Gasteiger partial charge in [-0.05, 0) is 54.8 Å². The van der Waals surface area contributed by atoms with Crippen LogP contribution in [0.4, 0.5) is 15.3 Å². The molecule has 11 nitrogen and oxygen atoms in total. The summed E-state index contributed by atoms with van der Waals surface area (Å²) in [5.41, 5.74) is 1.24. The second-order valence-corrected chi connectivity index (χ2v) is 11.4. The number of isothiocyanates is 1. The summed E-state index contributed by atoms with van der Waals surface area (Å²) in [6.07, 6.45) is 1.63. The molecule has 4 amide bonds. The topological polar surface area (TPSA) is 118 Å². The minimum absolute atomic E-state index is 0.107. The van der Waals surface area contributed by atoms with Crippen LogP contribution in [0, 0.1) is 0 Å². The molecule has 0 spiro atoms. The molecule has 0 unspecified atom stereocenters. The van der Waals surface area contributed by atoms with Gasteiger partial charge in [-0.15, -0.1) is 51.4 Å². The van der Waals surface area contributed by atoms with Gasteiger partial charge in [-0.3, -0.25) is 10.3 Å². The Labute approximate surface area is 308 Å². The van der Waals surface area contributed by atoms with Crippen LogP contribution < -0.4 is 24.8 Å². The molecule has 0 aliphatic rings. The number of aromatic nitrogens is 1. The van der Waals surface area contributed by atoms with Crippen molar-refractivity contribution in [3.8, 4) is 23.0 Å². The molecular weight excluding hydrogens is 754 g/mol. The first-order valence-electron chi connectivity index (χ1n) is 13.6. The van der Waals surface area contributed by atoms with Crippen molar-refractivity contribution in [3.63, 3.8) is 0 Å². The van der Waals surface area contributed by atoms with Crippen LogP contribution in [0.15, 0.2) is 47.6 Å². The number of benzene rings is 2. The molecule has 18 heteroatoms. The number of alkyl halides is 4. The van der Waals surface area contributed by atoms with Gasteiger partial charge in [0.25, 0.3) is 0 Å². The number of aliphatic imine (C=N–C) groups is 1. The van der Waals surface area contributed by atoms with Crippen LogP contribution in [-0.4, -0.2) is 101 Å². The van der Waals surface area contributed by atoms with Crippen LogP contribution in [0.2, 0.25) is 5.02 Å². The Morgan fingerprint density at radius 3 is 2.02 bits per heavy atom. The highest BCUT2D eigenvalue weighted by Crippen LogP contribution is 2.38. The molecule has 2 aromatic carbocycles. The van der Waals surface area contributed by atoms with E-state index >= 15 is 0 Å². The Balaban J connectivity index is 0.000000544. The highest BCUT2D eigenvalue weighted by atomic mass is 35.5. The summed E-state index contributed by atoms with van der Waals surface area (Å²) in [6.45, 7) is 1.55. The Kier molecular flexibility index (Phi) is 18.8. The number of nitrogens with one attached hydrogen (secondary N) is 2. The van der Waals surface area contributed by atoms with Gasteiger partial charge in [-0.2, -0.15) is 0 Å². The fourth-order valence-electron chi connectivity index (χ4n) is 3.79. The standard InChI is InChI=1S/C23H23Cl3N4O4S.C6H8Cl2N2OS/c1-32-20-12-15-17(13-21(20)33-2)27-8-5-18(15)34-19-4-3-14(11-16(19)26)28-22(35)29-23(31)30(9-6-24)10-7-25;7-1-3-10(4-2-8)6(11)9-5-12/h3-5,8,11-13H,6-7,9-10H2,1-2H3,(H2,28,29,31,35);1-4H2. The number of ether oxygens (including phenoxy) is 3. The second kappa shape index (κ2) is 21.9. The van der Waals surface area contributed by atoms with Gasteiger partial charge in [-0.1, -0.05) is 11.6 Å². The predicted molar refractivity (Wildman–Crippen MR) is 198 cm³/mol. The first-order chi connectivity index (χ1) is 22.6. The van der Waals surface area contributed by atoms with Crippen molar-refractivity contribution in [2.75, 3.05) is 69.2 Å². The van der Waals surface area contributed by atoms with Crippen LogP contribution in [0.5, 0.6) is 23.0 Å². The van der Waals surface area contributed by atoms with Gasteiger partial charge in [0.15, 0.2) is 16.6 Å². The summed E-state index contributed by atoms with van der Waals surface area (Å²) in [6, 6.07) is 9.51. The van der Waals surface area contributed by atoms with Crippen molar-refractivity contribution >= 4 is 121 Å². The maximum absolute atomic E-state index is 12.3. The van der Waals surface area contributed by atoms with E-state index in [4.69, 9.17) is 84.4 Å². The van der Waals surface area contributed by atoms with Crippen LogP contribution in [0.1, 0.15) is 0 Å².